The van der Waals surface area contributed by atoms with Crippen LogP contribution in [0.15, 0.2) is 24.3 Å². The summed E-state index contributed by atoms with van der Waals surface area (Å²) in [4.78, 5) is 12.5. The molecule has 0 saturated heterocycles. The van der Waals surface area contributed by atoms with Gasteiger partial charge in [0.05, 0.1) is 0 Å². The second-order valence-corrected chi connectivity index (χ2v) is 3.30. The van der Waals surface area contributed by atoms with Gasteiger partial charge in [-0.25, -0.2) is 10.6 Å². The van der Waals surface area contributed by atoms with Gasteiger partial charge in [-0.05, 0) is 11.6 Å². The molecule has 0 saturated carbocycles. The third-order valence-electron chi connectivity index (χ3n) is 1.84. The largest absolute Gasteiger partial charge is 0.331 e. The molecular formula is C9H12ClN3O. The highest BCUT2D eigenvalue weighted by molar-refractivity contribution is 6.31. The number of nitrogens with one attached hydrogen (secondary N) is 1. The fraction of sp³-hybridized carbons (Fsp3) is 0.222. The quantitative estimate of drug-likeness (QED) is 0.443. The number of nitrogens with zero attached hydrogens (tertiary/aromatic N) is 1. The molecule has 0 spiro atoms. The molecule has 3 N–H and O–H groups in total. The normalized spacial score (nSPS) is 9.64. The van der Waals surface area contributed by atoms with Crippen molar-refractivity contribution in [3.05, 3.63) is 34.9 Å². The number of halogens is 1. The standard InChI is InChI=1S/C9H12ClN3O/c1-13(9(14)12-11)6-7-4-2-3-5-8(7)10/h2-5H,6,11H2,1H3,(H,12,14). The minimum atomic E-state index is -0.343. The number of nitrogens with two attached hydrogens (primary N) is 1. The van der Waals surface area contributed by atoms with Crippen LogP contribution in [0, 0.1) is 0 Å². The molecule has 0 aromatic heterocycles. The molecule has 1 rings (SSSR count). The van der Waals surface area contributed by atoms with Crippen molar-refractivity contribution < 1.29 is 4.79 Å². The summed E-state index contributed by atoms with van der Waals surface area (Å²) in [6, 6.07) is 7.02. The Morgan fingerprint density at radius 2 is 2.21 bits per heavy atom. The van der Waals surface area contributed by atoms with Gasteiger partial charge < -0.3 is 4.90 Å². The summed E-state index contributed by atoms with van der Waals surface area (Å²) in [6.45, 7) is 0.433. The van der Waals surface area contributed by atoms with E-state index in [1.165, 1.54) is 4.90 Å². The van der Waals surface area contributed by atoms with E-state index in [1.54, 1.807) is 13.1 Å². The van der Waals surface area contributed by atoms with Gasteiger partial charge in [-0.15, -0.1) is 0 Å². The number of hydrazine groups is 1. The number of hydrogen-bond donors (Lipinski definition) is 2. The summed E-state index contributed by atoms with van der Waals surface area (Å²) in [5.41, 5.74) is 2.94. The summed E-state index contributed by atoms with van der Waals surface area (Å²) in [5.74, 6) is 4.99. The number of carbonyl (C=O) groups is 1. The van der Waals surface area contributed by atoms with E-state index in [0.29, 0.717) is 11.6 Å². The molecule has 76 valence electrons. The maximum atomic E-state index is 11.1. The van der Waals surface area contributed by atoms with Crippen LogP contribution < -0.4 is 11.3 Å². The highest BCUT2D eigenvalue weighted by atomic mass is 35.5. The second kappa shape index (κ2) is 4.83. The first kappa shape index (κ1) is 10.8. The van der Waals surface area contributed by atoms with Crippen molar-refractivity contribution in [1.82, 2.24) is 10.3 Å². The number of urea groups is 1. The predicted molar refractivity (Wildman–Crippen MR) is 55.6 cm³/mol. The van der Waals surface area contributed by atoms with Gasteiger partial charge in [0.2, 0.25) is 0 Å². The lowest BCUT2D eigenvalue weighted by Crippen LogP contribution is -2.40. The lowest BCUT2D eigenvalue weighted by Gasteiger charge is -2.16. The molecule has 0 atom stereocenters. The zero-order valence-corrected chi connectivity index (χ0v) is 8.58. The van der Waals surface area contributed by atoms with Crippen molar-refractivity contribution in [3.63, 3.8) is 0 Å². The Morgan fingerprint density at radius 1 is 1.57 bits per heavy atom. The highest BCUT2D eigenvalue weighted by Crippen LogP contribution is 2.16. The Bertz CT molecular complexity index is 330. The number of carbonyl (C=O) groups excluding carboxylic acids is 1. The maximum Gasteiger partial charge on any atom is 0.331 e. The van der Waals surface area contributed by atoms with E-state index in [1.807, 2.05) is 23.6 Å². The first-order valence-corrected chi connectivity index (χ1v) is 4.48. The maximum absolute atomic E-state index is 11.1. The van der Waals surface area contributed by atoms with Gasteiger partial charge >= 0.3 is 6.03 Å². The van der Waals surface area contributed by atoms with E-state index in [9.17, 15) is 4.79 Å². The third kappa shape index (κ3) is 2.61. The van der Waals surface area contributed by atoms with Crippen LogP contribution in [0.1, 0.15) is 5.56 Å². The van der Waals surface area contributed by atoms with Gasteiger partial charge in [-0.1, -0.05) is 29.8 Å². The van der Waals surface area contributed by atoms with Crippen LogP contribution in [-0.2, 0) is 6.54 Å². The molecule has 0 heterocycles. The van der Waals surface area contributed by atoms with E-state index >= 15 is 0 Å². The van der Waals surface area contributed by atoms with Crippen LogP contribution in [0.5, 0.6) is 0 Å². The van der Waals surface area contributed by atoms with Gasteiger partial charge in [-0.2, -0.15) is 0 Å². The van der Waals surface area contributed by atoms with Gasteiger partial charge in [0, 0.05) is 18.6 Å². The van der Waals surface area contributed by atoms with Crippen molar-refractivity contribution in [3.8, 4) is 0 Å². The molecule has 14 heavy (non-hydrogen) atoms. The van der Waals surface area contributed by atoms with Crippen LogP contribution in [-0.4, -0.2) is 18.0 Å². The van der Waals surface area contributed by atoms with Gasteiger partial charge in [0.15, 0.2) is 0 Å². The minimum absolute atomic E-state index is 0.343. The molecular weight excluding hydrogens is 202 g/mol. The molecule has 0 aliphatic carbocycles. The molecule has 4 nitrogen and oxygen atoms in total. The van der Waals surface area contributed by atoms with Gasteiger partial charge in [0.1, 0.15) is 0 Å². The van der Waals surface area contributed by atoms with Crippen molar-refractivity contribution in [2.75, 3.05) is 7.05 Å². The second-order valence-electron chi connectivity index (χ2n) is 2.90. The fourth-order valence-electron chi connectivity index (χ4n) is 1.06. The molecule has 1 aromatic carbocycles. The summed E-state index contributed by atoms with van der Waals surface area (Å²) < 4.78 is 0. The van der Waals surface area contributed by atoms with Gasteiger partial charge in [-0.3, -0.25) is 5.43 Å². The molecule has 0 aliphatic heterocycles. The summed E-state index contributed by atoms with van der Waals surface area (Å²) in [6.07, 6.45) is 0. The van der Waals surface area contributed by atoms with Crippen molar-refractivity contribution in [2.24, 2.45) is 5.84 Å². The zero-order chi connectivity index (χ0) is 10.6. The average Bonchev–Trinajstić information content (AvgIpc) is 2.20. The smallest absolute Gasteiger partial charge is 0.322 e. The Hall–Kier alpha value is -1.26. The lowest BCUT2D eigenvalue weighted by molar-refractivity contribution is 0.207. The van der Waals surface area contributed by atoms with Crippen LogP contribution >= 0.6 is 11.6 Å². The van der Waals surface area contributed by atoms with E-state index in [4.69, 9.17) is 17.4 Å². The first-order valence-electron chi connectivity index (χ1n) is 4.10. The van der Waals surface area contributed by atoms with E-state index < -0.39 is 0 Å². The highest BCUT2D eigenvalue weighted by Gasteiger charge is 2.08. The number of rotatable bonds is 2. The van der Waals surface area contributed by atoms with Crippen LogP contribution in [0.2, 0.25) is 5.02 Å². The van der Waals surface area contributed by atoms with Crippen LogP contribution in [0.25, 0.3) is 0 Å². The Balaban J connectivity index is 2.69. The molecule has 2 amide bonds. The van der Waals surface area contributed by atoms with Gasteiger partial charge in [0.25, 0.3) is 0 Å². The molecule has 0 bridgehead atoms. The fourth-order valence-corrected chi connectivity index (χ4v) is 1.26. The lowest BCUT2D eigenvalue weighted by atomic mass is 10.2. The van der Waals surface area contributed by atoms with Crippen molar-refractivity contribution in [2.45, 2.75) is 6.54 Å². The third-order valence-corrected chi connectivity index (χ3v) is 2.20. The molecule has 0 unspecified atom stereocenters. The van der Waals surface area contributed by atoms with Crippen LogP contribution in [0.4, 0.5) is 4.79 Å². The number of amides is 2. The first-order chi connectivity index (χ1) is 6.65. The molecule has 0 fully saturated rings. The van der Waals surface area contributed by atoms with E-state index in [0.717, 1.165) is 5.56 Å². The topological polar surface area (TPSA) is 58.4 Å². The summed E-state index contributed by atoms with van der Waals surface area (Å²) in [7, 11) is 1.64. The SMILES string of the molecule is CN(Cc1ccccc1Cl)C(=O)NN. The number of benzene rings is 1. The average molecular weight is 214 g/mol. The monoisotopic (exact) mass is 213 g/mol. The van der Waals surface area contributed by atoms with Crippen LogP contribution in [0.3, 0.4) is 0 Å². The predicted octanol–water partition coefficient (Wildman–Crippen LogP) is 1.36. The Kier molecular flexibility index (Phi) is 3.73. The Labute approximate surface area is 87.6 Å². The zero-order valence-electron chi connectivity index (χ0n) is 7.83. The van der Waals surface area contributed by atoms with E-state index in [-0.39, 0.29) is 6.03 Å². The molecule has 0 aliphatic rings. The molecule has 1 aromatic rings. The summed E-state index contributed by atoms with van der Waals surface area (Å²) >= 11 is 5.93. The minimum Gasteiger partial charge on any atom is -0.322 e. The molecule has 5 heteroatoms. The van der Waals surface area contributed by atoms with Crippen molar-refractivity contribution in [1.29, 1.82) is 0 Å². The summed E-state index contributed by atoms with van der Waals surface area (Å²) in [5, 5.41) is 0.643. The van der Waals surface area contributed by atoms with E-state index in [2.05, 4.69) is 0 Å². The Morgan fingerprint density at radius 3 is 2.79 bits per heavy atom. The van der Waals surface area contributed by atoms with Crippen molar-refractivity contribution >= 4 is 17.6 Å². The molecule has 0 radical (unpaired) electrons. The number of hydrogen-bond acceptors (Lipinski definition) is 2.